The van der Waals surface area contributed by atoms with Crippen LogP contribution in [0, 0.1) is 0 Å². The Morgan fingerprint density at radius 3 is 2.81 bits per heavy atom. The normalized spacial score (nSPS) is 19.7. The number of alkyl halides is 4. The van der Waals surface area contributed by atoms with Gasteiger partial charge in [-0.2, -0.15) is 13.2 Å². The molecular formula is C13H12BrClF3NO2. The van der Waals surface area contributed by atoms with E-state index in [0.29, 0.717) is 17.6 Å². The first-order chi connectivity index (χ1) is 9.82. The lowest BCUT2D eigenvalue weighted by molar-refractivity contribution is -0.137. The van der Waals surface area contributed by atoms with Crippen molar-refractivity contribution in [2.45, 2.75) is 12.3 Å². The first kappa shape index (κ1) is 16.6. The van der Waals surface area contributed by atoms with E-state index in [2.05, 4.69) is 15.9 Å². The number of carbonyl (C=O) groups is 1. The number of carbonyl (C=O) groups excluding carboxylic acids is 1. The van der Waals surface area contributed by atoms with E-state index in [0.717, 1.165) is 12.1 Å². The minimum absolute atomic E-state index is 0.0138. The molecule has 0 spiro atoms. The molecule has 116 valence electrons. The van der Waals surface area contributed by atoms with Crippen LogP contribution in [0.1, 0.15) is 15.9 Å². The topological polar surface area (TPSA) is 29.5 Å². The zero-order valence-corrected chi connectivity index (χ0v) is 13.1. The van der Waals surface area contributed by atoms with Crippen LogP contribution in [0.15, 0.2) is 22.7 Å². The summed E-state index contributed by atoms with van der Waals surface area (Å²) in [4.78, 5) is 13.8. The van der Waals surface area contributed by atoms with E-state index in [9.17, 15) is 18.0 Å². The van der Waals surface area contributed by atoms with Crippen molar-refractivity contribution < 1.29 is 22.7 Å². The van der Waals surface area contributed by atoms with Gasteiger partial charge in [0.05, 0.1) is 29.7 Å². The Bertz CT molecular complexity index is 539. The van der Waals surface area contributed by atoms with Crippen molar-refractivity contribution in [3.05, 3.63) is 33.8 Å². The van der Waals surface area contributed by atoms with Crippen molar-refractivity contribution >= 4 is 33.4 Å². The van der Waals surface area contributed by atoms with E-state index in [1.54, 1.807) is 0 Å². The Morgan fingerprint density at radius 1 is 1.48 bits per heavy atom. The number of rotatable bonds is 2. The zero-order valence-electron chi connectivity index (χ0n) is 10.8. The molecule has 1 aliphatic heterocycles. The second kappa shape index (κ2) is 6.54. The highest BCUT2D eigenvalue weighted by Crippen LogP contribution is 2.32. The van der Waals surface area contributed by atoms with Crippen LogP contribution in [0.2, 0.25) is 0 Å². The molecule has 1 atom stereocenters. The monoisotopic (exact) mass is 385 g/mol. The smallest absolute Gasteiger partial charge is 0.373 e. The Morgan fingerprint density at radius 2 is 2.19 bits per heavy atom. The van der Waals surface area contributed by atoms with Gasteiger partial charge < -0.3 is 9.64 Å². The quantitative estimate of drug-likeness (QED) is 0.728. The summed E-state index contributed by atoms with van der Waals surface area (Å²) in [7, 11) is 0. The molecule has 1 unspecified atom stereocenters. The molecule has 0 N–H and O–H groups in total. The third-order valence-electron chi connectivity index (χ3n) is 3.12. The Balaban J connectivity index is 2.26. The maximum Gasteiger partial charge on any atom is 0.416 e. The predicted octanol–water partition coefficient (Wildman–Crippen LogP) is 3.55. The highest BCUT2D eigenvalue weighted by Gasteiger charge is 2.33. The van der Waals surface area contributed by atoms with Crippen LogP contribution in [0.4, 0.5) is 13.2 Å². The second-order valence-electron chi connectivity index (χ2n) is 4.59. The Hall–Kier alpha value is -0.790. The van der Waals surface area contributed by atoms with Crippen LogP contribution < -0.4 is 0 Å². The van der Waals surface area contributed by atoms with Crippen molar-refractivity contribution in [3.8, 4) is 0 Å². The molecule has 3 nitrogen and oxygen atoms in total. The first-order valence-corrected chi connectivity index (χ1v) is 7.49. The third kappa shape index (κ3) is 3.90. The van der Waals surface area contributed by atoms with Gasteiger partial charge in [-0.05, 0) is 34.1 Å². The van der Waals surface area contributed by atoms with Crippen molar-refractivity contribution in [2.24, 2.45) is 0 Å². The summed E-state index contributed by atoms with van der Waals surface area (Å²) in [5.74, 6) is -0.237. The van der Waals surface area contributed by atoms with Crippen LogP contribution in [-0.2, 0) is 10.9 Å². The number of benzene rings is 1. The number of amides is 1. The molecule has 0 bridgehead atoms. The SMILES string of the molecule is O=C(c1cc(C(F)(F)F)ccc1Br)N1CCOC(CCl)C1. The minimum Gasteiger partial charge on any atom is -0.373 e. The summed E-state index contributed by atoms with van der Waals surface area (Å²) < 4.78 is 43.9. The lowest BCUT2D eigenvalue weighted by atomic mass is 10.1. The van der Waals surface area contributed by atoms with E-state index < -0.39 is 17.6 Å². The molecule has 1 saturated heterocycles. The molecule has 8 heteroatoms. The summed E-state index contributed by atoms with van der Waals surface area (Å²) in [6.45, 7) is 0.916. The molecule has 21 heavy (non-hydrogen) atoms. The van der Waals surface area contributed by atoms with Gasteiger partial charge in [-0.25, -0.2) is 0 Å². The van der Waals surface area contributed by atoms with Crippen molar-refractivity contribution in [1.82, 2.24) is 4.90 Å². The standard InChI is InChI=1S/C13H12BrClF3NO2/c14-11-2-1-8(13(16,17)18)5-10(11)12(20)19-3-4-21-9(6-15)7-19/h1-2,5,9H,3-4,6-7H2. The Labute approximate surface area is 133 Å². The lowest BCUT2D eigenvalue weighted by Crippen LogP contribution is -2.46. The zero-order chi connectivity index (χ0) is 15.6. The van der Waals surface area contributed by atoms with Crippen molar-refractivity contribution in [1.29, 1.82) is 0 Å². The molecule has 0 aliphatic carbocycles. The van der Waals surface area contributed by atoms with Crippen molar-refractivity contribution in [2.75, 3.05) is 25.6 Å². The molecule has 0 radical (unpaired) electrons. The van der Waals surface area contributed by atoms with Gasteiger partial charge in [-0.3, -0.25) is 4.79 Å². The van der Waals surface area contributed by atoms with Gasteiger partial charge in [0.15, 0.2) is 0 Å². The van der Waals surface area contributed by atoms with E-state index in [-0.39, 0.29) is 24.1 Å². The van der Waals surface area contributed by atoms with Crippen LogP contribution in [0.25, 0.3) is 0 Å². The highest BCUT2D eigenvalue weighted by atomic mass is 79.9. The van der Waals surface area contributed by atoms with Crippen LogP contribution in [-0.4, -0.2) is 42.5 Å². The minimum atomic E-state index is -4.49. The van der Waals surface area contributed by atoms with E-state index >= 15 is 0 Å². The first-order valence-electron chi connectivity index (χ1n) is 6.16. The summed E-state index contributed by atoms with van der Waals surface area (Å²) in [5.41, 5.74) is -0.865. The van der Waals surface area contributed by atoms with Crippen LogP contribution >= 0.6 is 27.5 Å². The maximum atomic E-state index is 12.7. The van der Waals surface area contributed by atoms with Gasteiger partial charge in [0.25, 0.3) is 5.91 Å². The van der Waals surface area contributed by atoms with Crippen molar-refractivity contribution in [3.63, 3.8) is 0 Å². The van der Waals surface area contributed by atoms with Gasteiger partial charge in [0.1, 0.15) is 0 Å². The van der Waals surface area contributed by atoms with Crippen LogP contribution in [0.3, 0.4) is 0 Å². The number of ether oxygens (including phenoxy) is 1. The molecule has 1 aromatic rings. The van der Waals surface area contributed by atoms with E-state index in [1.807, 2.05) is 0 Å². The molecule has 2 rings (SSSR count). The molecule has 1 fully saturated rings. The molecule has 1 aromatic carbocycles. The Kier molecular flexibility index (Phi) is 5.16. The number of halogens is 5. The van der Waals surface area contributed by atoms with Gasteiger partial charge in [-0.1, -0.05) is 0 Å². The molecule has 1 amide bonds. The predicted molar refractivity (Wildman–Crippen MR) is 75.5 cm³/mol. The number of hydrogen-bond acceptors (Lipinski definition) is 2. The fourth-order valence-corrected chi connectivity index (χ4v) is 2.64. The maximum absolute atomic E-state index is 12.7. The number of hydrogen-bond donors (Lipinski definition) is 0. The molecule has 0 saturated carbocycles. The average Bonchev–Trinajstić information content (AvgIpc) is 2.46. The molecular weight excluding hydrogens is 374 g/mol. The fraction of sp³-hybridized carbons (Fsp3) is 0.462. The largest absolute Gasteiger partial charge is 0.416 e. The number of morpholine rings is 1. The van der Waals surface area contributed by atoms with E-state index in [1.165, 1.54) is 11.0 Å². The van der Waals surface area contributed by atoms with Gasteiger partial charge in [0, 0.05) is 17.6 Å². The second-order valence-corrected chi connectivity index (χ2v) is 5.75. The summed E-state index contributed by atoms with van der Waals surface area (Å²) >= 11 is 8.82. The fourth-order valence-electron chi connectivity index (χ4n) is 2.03. The van der Waals surface area contributed by atoms with Gasteiger partial charge >= 0.3 is 6.18 Å². The van der Waals surface area contributed by atoms with E-state index in [4.69, 9.17) is 16.3 Å². The number of nitrogens with zero attached hydrogens (tertiary/aromatic N) is 1. The third-order valence-corrected chi connectivity index (χ3v) is 4.16. The average molecular weight is 387 g/mol. The van der Waals surface area contributed by atoms with Crippen LogP contribution in [0.5, 0.6) is 0 Å². The summed E-state index contributed by atoms with van der Waals surface area (Å²) in [5, 5.41) is 0. The molecule has 1 aliphatic rings. The highest BCUT2D eigenvalue weighted by molar-refractivity contribution is 9.10. The van der Waals surface area contributed by atoms with Gasteiger partial charge in [-0.15, -0.1) is 11.6 Å². The summed E-state index contributed by atoms with van der Waals surface area (Å²) in [6, 6.07) is 3.02. The summed E-state index contributed by atoms with van der Waals surface area (Å²) in [6.07, 6.45) is -4.78. The molecule has 0 aromatic heterocycles. The molecule has 1 heterocycles. The van der Waals surface area contributed by atoms with Gasteiger partial charge in [0.2, 0.25) is 0 Å². The lowest BCUT2D eigenvalue weighted by Gasteiger charge is -2.32.